The third-order valence-corrected chi connectivity index (χ3v) is 8.10. The van der Waals surface area contributed by atoms with Gasteiger partial charge in [0.05, 0.1) is 5.92 Å². The normalized spacial score (nSPS) is 24.6. The number of hydrogen-bond acceptors (Lipinski definition) is 3. The largest absolute Gasteiger partial charge is 0.358 e. The van der Waals surface area contributed by atoms with E-state index in [1.54, 1.807) is 0 Å². The highest BCUT2D eigenvalue weighted by Gasteiger charge is 2.33. The molecule has 2 N–H and O–H groups in total. The maximum absolute atomic E-state index is 13.4. The number of hydrogen-bond donors (Lipinski definition) is 2. The third-order valence-electron chi connectivity index (χ3n) is 8.10. The molecule has 0 radical (unpaired) electrons. The van der Waals surface area contributed by atoms with Crippen molar-refractivity contribution in [3.63, 3.8) is 0 Å². The molecule has 3 heterocycles. The molecule has 1 aromatic heterocycles. The van der Waals surface area contributed by atoms with Crippen LogP contribution in [-0.2, 0) is 17.8 Å². The zero-order valence-corrected chi connectivity index (χ0v) is 18.9. The molecule has 2 aromatic rings. The standard InChI is InChI=1S/C26H34N4O2/c31-25(27-19-8-9-19)18-4-3-12-30(15-18)26(32)17-7-10-23-21(14-17)22-16-29(13-11-24(22)28-23)20-5-1-2-6-20/h7,10,14,18-20,28H,1-6,8-9,11-13,15-16H2,(H,27,31)/t18-/m1/s1. The molecule has 2 aliphatic heterocycles. The summed E-state index contributed by atoms with van der Waals surface area (Å²) in [5.74, 6) is 0.124. The molecule has 0 spiro atoms. The lowest BCUT2D eigenvalue weighted by Crippen LogP contribution is -2.45. The number of nitrogens with zero attached hydrogens (tertiary/aromatic N) is 2. The molecule has 2 saturated carbocycles. The molecule has 2 aliphatic carbocycles. The van der Waals surface area contributed by atoms with Crippen molar-refractivity contribution < 1.29 is 9.59 Å². The Labute approximate surface area is 189 Å². The molecule has 4 aliphatic rings. The summed E-state index contributed by atoms with van der Waals surface area (Å²) in [4.78, 5) is 34.1. The maximum atomic E-state index is 13.4. The van der Waals surface area contributed by atoms with Gasteiger partial charge in [0.2, 0.25) is 5.91 Å². The number of likely N-dealkylation sites (tertiary alicyclic amines) is 1. The van der Waals surface area contributed by atoms with Gasteiger partial charge in [0.25, 0.3) is 5.91 Å². The van der Waals surface area contributed by atoms with E-state index in [-0.39, 0.29) is 17.7 Å². The van der Waals surface area contributed by atoms with E-state index >= 15 is 0 Å². The van der Waals surface area contributed by atoms with Crippen LogP contribution in [0.25, 0.3) is 10.9 Å². The Balaban J connectivity index is 1.21. The fourth-order valence-electron chi connectivity index (χ4n) is 6.05. The third kappa shape index (κ3) is 3.83. The van der Waals surface area contributed by atoms with Crippen LogP contribution in [0.5, 0.6) is 0 Å². The molecule has 0 unspecified atom stereocenters. The average molecular weight is 435 g/mol. The first-order valence-electron chi connectivity index (χ1n) is 12.6. The Morgan fingerprint density at radius 2 is 1.84 bits per heavy atom. The number of aromatic nitrogens is 1. The Bertz CT molecular complexity index is 1030. The van der Waals surface area contributed by atoms with Crippen LogP contribution in [0.3, 0.4) is 0 Å². The van der Waals surface area contributed by atoms with E-state index in [1.165, 1.54) is 42.3 Å². The van der Waals surface area contributed by atoms with Crippen LogP contribution < -0.4 is 5.32 Å². The van der Waals surface area contributed by atoms with Gasteiger partial charge in [0.15, 0.2) is 0 Å². The van der Waals surface area contributed by atoms with E-state index < -0.39 is 0 Å². The smallest absolute Gasteiger partial charge is 0.253 e. The summed E-state index contributed by atoms with van der Waals surface area (Å²) >= 11 is 0. The molecule has 6 heteroatoms. The first-order chi connectivity index (χ1) is 15.7. The molecule has 1 aromatic carbocycles. The van der Waals surface area contributed by atoms with E-state index in [1.807, 2.05) is 11.0 Å². The van der Waals surface area contributed by atoms with Crippen molar-refractivity contribution in [2.75, 3.05) is 19.6 Å². The minimum Gasteiger partial charge on any atom is -0.358 e. The summed E-state index contributed by atoms with van der Waals surface area (Å²) in [6, 6.07) is 7.22. The Hall–Kier alpha value is -2.34. The van der Waals surface area contributed by atoms with Gasteiger partial charge in [-0.25, -0.2) is 0 Å². The van der Waals surface area contributed by atoms with Crippen LogP contribution >= 0.6 is 0 Å². The van der Waals surface area contributed by atoms with E-state index in [2.05, 4.69) is 27.3 Å². The van der Waals surface area contributed by atoms with E-state index in [0.29, 0.717) is 12.6 Å². The van der Waals surface area contributed by atoms with Crippen molar-refractivity contribution >= 4 is 22.7 Å². The fraction of sp³-hybridized carbons (Fsp3) is 0.615. The molecule has 0 bridgehead atoms. The fourth-order valence-corrected chi connectivity index (χ4v) is 6.05. The lowest BCUT2D eigenvalue weighted by Gasteiger charge is -2.32. The lowest BCUT2D eigenvalue weighted by molar-refractivity contribution is -0.126. The van der Waals surface area contributed by atoms with Crippen molar-refractivity contribution in [3.05, 3.63) is 35.0 Å². The lowest BCUT2D eigenvalue weighted by atomic mass is 9.96. The quantitative estimate of drug-likeness (QED) is 0.773. The second kappa shape index (κ2) is 8.22. The van der Waals surface area contributed by atoms with Gasteiger partial charge >= 0.3 is 0 Å². The summed E-state index contributed by atoms with van der Waals surface area (Å²) in [5.41, 5.74) is 4.61. The highest BCUT2D eigenvalue weighted by Crippen LogP contribution is 2.33. The number of benzene rings is 1. The summed E-state index contributed by atoms with van der Waals surface area (Å²) < 4.78 is 0. The summed E-state index contributed by atoms with van der Waals surface area (Å²) in [6.45, 7) is 3.40. The molecular formula is C26H34N4O2. The van der Waals surface area contributed by atoms with Gasteiger partial charge in [0.1, 0.15) is 0 Å². The van der Waals surface area contributed by atoms with Crippen LogP contribution in [0.1, 0.15) is 73.0 Å². The number of amides is 2. The molecule has 1 saturated heterocycles. The summed E-state index contributed by atoms with van der Waals surface area (Å²) in [5, 5.41) is 4.32. The van der Waals surface area contributed by atoms with Crippen molar-refractivity contribution in [1.29, 1.82) is 0 Å². The van der Waals surface area contributed by atoms with E-state index in [0.717, 1.165) is 68.9 Å². The van der Waals surface area contributed by atoms with Gasteiger partial charge in [-0.1, -0.05) is 12.8 Å². The van der Waals surface area contributed by atoms with Gasteiger partial charge in [-0.15, -0.1) is 0 Å². The minimum absolute atomic E-state index is 0.0641. The zero-order valence-electron chi connectivity index (χ0n) is 18.9. The number of rotatable bonds is 4. The summed E-state index contributed by atoms with van der Waals surface area (Å²) in [7, 11) is 0. The van der Waals surface area contributed by atoms with Crippen molar-refractivity contribution in [1.82, 2.24) is 20.1 Å². The highest BCUT2D eigenvalue weighted by molar-refractivity contribution is 5.99. The van der Waals surface area contributed by atoms with E-state index in [9.17, 15) is 9.59 Å². The van der Waals surface area contributed by atoms with Crippen LogP contribution in [0.4, 0.5) is 0 Å². The highest BCUT2D eigenvalue weighted by atomic mass is 16.2. The topological polar surface area (TPSA) is 68.4 Å². The van der Waals surface area contributed by atoms with Gasteiger partial charge in [0, 0.05) is 66.8 Å². The van der Waals surface area contributed by atoms with Crippen molar-refractivity contribution in [2.45, 2.75) is 76.4 Å². The predicted molar refractivity (Wildman–Crippen MR) is 124 cm³/mol. The predicted octanol–water partition coefficient (Wildman–Crippen LogP) is 3.60. The second-order valence-electron chi connectivity index (χ2n) is 10.4. The number of carbonyl (C=O) groups excluding carboxylic acids is 2. The van der Waals surface area contributed by atoms with Crippen LogP contribution in [-0.4, -0.2) is 58.3 Å². The maximum Gasteiger partial charge on any atom is 0.253 e. The number of fused-ring (bicyclic) bond motifs is 3. The van der Waals surface area contributed by atoms with Crippen LogP contribution in [0.2, 0.25) is 0 Å². The van der Waals surface area contributed by atoms with Gasteiger partial charge in [-0.05, 0) is 62.3 Å². The summed E-state index contributed by atoms with van der Waals surface area (Å²) in [6.07, 6.45) is 10.4. The van der Waals surface area contributed by atoms with Crippen LogP contribution in [0, 0.1) is 5.92 Å². The van der Waals surface area contributed by atoms with Gasteiger partial charge < -0.3 is 15.2 Å². The second-order valence-corrected chi connectivity index (χ2v) is 10.4. The van der Waals surface area contributed by atoms with E-state index in [4.69, 9.17) is 0 Å². The molecule has 6 rings (SSSR count). The molecular weight excluding hydrogens is 400 g/mol. The Morgan fingerprint density at radius 1 is 1.00 bits per heavy atom. The first kappa shape index (κ1) is 20.3. The molecule has 3 fully saturated rings. The van der Waals surface area contributed by atoms with Gasteiger partial charge in [-0.2, -0.15) is 0 Å². The van der Waals surface area contributed by atoms with Crippen LogP contribution in [0.15, 0.2) is 18.2 Å². The number of nitrogens with one attached hydrogen (secondary N) is 2. The molecule has 2 amide bonds. The minimum atomic E-state index is -0.0722. The first-order valence-corrected chi connectivity index (χ1v) is 12.6. The molecule has 1 atom stereocenters. The van der Waals surface area contributed by atoms with Crippen molar-refractivity contribution in [2.24, 2.45) is 5.92 Å². The molecule has 6 nitrogen and oxygen atoms in total. The molecule has 32 heavy (non-hydrogen) atoms. The molecule has 170 valence electrons. The Kier molecular flexibility index (Phi) is 5.21. The number of piperidine rings is 1. The number of aromatic amines is 1. The number of H-pyrrole nitrogens is 1. The number of carbonyl (C=O) groups is 2. The Morgan fingerprint density at radius 3 is 2.66 bits per heavy atom. The SMILES string of the molecule is O=C(NC1CC1)[C@@H]1CCCN(C(=O)c2ccc3[nH]c4c(c3c2)CN(C2CCCC2)CC4)C1. The average Bonchev–Trinajstić information content (AvgIpc) is 3.33. The van der Waals surface area contributed by atoms with Crippen molar-refractivity contribution in [3.8, 4) is 0 Å². The monoisotopic (exact) mass is 434 g/mol. The zero-order chi connectivity index (χ0) is 21.7. The van der Waals surface area contributed by atoms with Gasteiger partial charge in [-0.3, -0.25) is 14.5 Å².